The molecule has 2 aliphatic rings. The lowest BCUT2D eigenvalue weighted by molar-refractivity contribution is 0.00992. The van der Waals surface area contributed by atoms with Gasteiger partial charge in [0.15, 0.2) is 0 Å². The van der Waals surface area contributed by atoms with E-state index in [1.807, 2.05) is 0 Å². The normalized spacial score (nSPS) is 19.5. The van der Waals surface area contributed by atoms with E-state index in [4.69, 9.17) is 0 Å². The Hall–Kier alpha value is -1.68. The largest absolute Gasteiger partial charge is 0.276 e. The van der Waals surface area contributed by atoms with Gasteiger partial charge in [-0.25, -0.2) is 10.0 Å². The molecule has 0 bridgehead atoms. The lowest BCUT2D eigenvalue weighted by Crippen LogP contribution is -2.45. The van der Waals surface area contributed by atoms with Gasteiger partial charge < -0.3 is 0 Å². The monoisotopic (exact) mass is 216 g/mol. The Morgan fingerprint density at radius 1 is 1.12 bits per heavy atom. The van der Waals surface area contributed by atoms with Crippen LogP contribution in [0, 0.1) is 0 Å². The molecule has 2 amide bonds. The Bertz CT molecular complexity index is 445. The smallest absolute Gasteiger partial charge is 0.267 e. The van der Waals surface area contributed by atoms with Crippen LogP contribution < -0.4 is 0 Å². The van der Waals surface area contributed by atoms with Crippen LogP contribution in [0.15, 0.2) is 24.3 Å². The number of nitrogens with zero attached hydrogens (tertiary/aromatic N) is 2. The minimum atomic E-state index is -0.199. The van der Waals surface area contributed by atoms with Gasteiger partial charge >= 0.3 is 0 Å². The summed E-state index contributed by atoms with van der Waals surface area (Å²) in [6.45, 7) is 0. The van der Waals surface area contributed by atoms with Gasteiger partial charge in [-0.2, -0.15) is 0 Å². The van der Waals surface area contributed by atoms with Gasteiger partial charge in [-0.1, -0.05) is 12.1 Å². The van der Waals surface area contributed by atoms with Crippen molar-refractivity contribution >= 4 is 11.8 Å². The van der Waals surface area contributed by atoms with Crippen LogP contribution in [-0.4, -0.2) is 34.9 Å². The molecule has 0 saturated heterocycles. The molecule has 82 valence electrons. The van der Waals surface area contributed by atoms with Crippen molar-refractivity contribution in [1.29, 1.82) is 0 Å². The highest BCUT2D eigenvalue weighted by atomic mass is 16.2. The summed E-state index contributed by atoms with van der Waals surface area (Å²) in [5.74, 6) is -0.398. The molecule has 1 saturated carbocycles. The van der Waals surface area contributed by atoms with E-state index < -0.39 is 0 Å². The average molecular weight is 216 g/mol. The van der Waals surface area contributed by atoms with Crippen LogP contribution >= 0.6 is 0 Å². The number of hydrogen-bond donors (Lipinski definition) is 0. The highest BCUT2D eigenvalue weighted by Crippen LogP contribution is 2.31. The predicted octanol–water partition coefficient (Wildman–Crippen LogP) is 1.29. The van der Waals surface area contributed by atoms with Crippen LogP contribution in [0.2, 0.25) is 0 Å². The second-order valence-corrected chi connectivity index (χ2v) is 4.27. The summed E-state index contributed by atoms with van der Waals surface area (Å²) in [5.41, 5.74) is 1.03. The van der Waals surface area contributed by atoms with Crippen molar-refractivity contribution < 1.29 is 9.59 Å². The molecule has 0 N–H and O–H groups in total. The van der Waals surface area contributed by atoms with Crippen molar-refractivity contribution in [3.63, 3.8) is 0 Å². The fourth-order valence-corrected chi connectivity index (χ4v) is 2.07. The first kappa shape index (κ1) is 9.54. The van der Waals surface area contributed by atoms with Crippen LogP contribution in [0.5, 0.6) is 0 Å². The van der Waals surface area contributed by atoms with E-state index in [0.29, 0.717) is 17.2 Å². The van der Waals surface area contributed by atoms with Crippen molar-refractivity contribution in [1.82, 2.24) is 10.0 Å². The fourth-order valence-electron chi connectivity index (χ4n) is 2.07. The molecule has 0 aromatic heterocycles. The summed E-state index contributed by atoms with van der Waals surface area (Å²) in [7, 11) is 1.80. The van der Waals surface area contributed by atoms with Gasteiger partial charge in [-0.05, 0) is 25.0 Å². The molecule has 0 atom stereocenters. The lowest BCUT2D eigenvalue weighted by atomic mass is 10.1. The SMILES string of the molecule is CN(C1CC1)N1C(=O)c2ccccc2C1=O. The van der Waals surface area contributed by atoms with E-state index in [0.717, 1.165) is 12.8 Å². The third-order valence-corrected chi connectivity index (χ3v) is 3.16. The summed E-state index contributed by atoms with van der Waals surface area (Å²) in [5, 5.41) is 3.03. The number of carbonyl (C=O) groups excluding carboxylic acids is 2. The van der Waals surface area contributed by atoms with Crippen LogP contribution in [0.3, 0.4) is 0 Å². The third-order valence-electron chi connectivity index (χ3n) is 3.16. The molecule has 1 aromatic rings. The van der Waals surface area contributed by atoms with Crippen molar-refractivity contribution in [2.75, 3.05) is 7.05 Å². The van der Waals surface area contributed by atoms with Crippen LogP contribution in [-0.2, 0) is 0 Å². The minimum absolute atomic E-state index is 0.199. The zero-order valence-electron chi connectivity index (χ0n) is 9.01. The van der Waals surface area contributed by atoms with Gasteiger partial charge in [0.05, 0.1) is 11.1 Å². The molecule has 1 heterocycles. The maximum atomic E-state index is 12.0. The molecule has 0 radical (unpaired) electrons. The Morgan fingerprint density at radius 2 is 1.62 bits per heavy atom. The van der Waals surface area contributed by atoms with Gasteiger partial charge in [0, 0.05) is 13.1 Å². The van der Waals surface area contributed by atoms with E-state index in [-0.39, 0.29) is 11.8 Å². The number of imide groups is 1. The zero-order chi connectivity index (χ0) is 11.3. The fraction of sp³-hybridized carbons (Fsp3) is 0.333. The highest BCUT2D eigenvalue weighted by molar-refractivity contribution is 6.20. The maximum Gasteiger partial charge on any atom is 0.276 e. The summed E-state index contributed by atoms with van der Waals surface area (Å²) in [6, 6.07) is 7.32. The second kappa shape index (κ2) is 3.15. The number of hydrogen-bond acceptors (Lipinski definition) is 3. The van der Waals surface area contributed by atoms with Crippen molar-refractivity contribution in [3.05, 3.63) is 35.4 Å². The first-order valence-corrected chi connectivity index (χ1v) is 5.40. The van der Waals surface area contributed by atoms with Gasteiger partial charge in [0.1, 0.15) is 0 Å². The Kier molecular flexibility index (Phi) is 1.88. The lowest BCUT2D eigenvalue weighted by Gasteiger charge is -2.25. The maximum absolute atomic E-state index is 12.0. The molecule has 0 spiro atoms. The van der Waals surface area contributed by atoms with Crippen LogP contribution in [0.4, 0.5) is 0 Å². The number of amides is 2. The van der Waals surface area contributed by atoms with Crippen molar-refractivity contribution in [2.45, 2.75) is 18.9 Å². The average Bonchev–Trinajstić information content (AvgIpc) is 3.09. The summed E-state index contributed by atoms with van der Waals surface area (Å²) in [6.07, 6.45) is 2.12. The third kappa shape index (κ3) is 1.20. The Morgan fingerprint density at radius 3 is 2.06 bits per heavy atom. The molecule has 1 fully saturated rings. The topological polar surface area (TPSA) is 40.6 Å². The van der Waals surface area contributed by atoms with Crippen LogP contribution in [0.1, 0.15) is 33.6 Å². The van der Waals surface area contributed by atoms with E-state index in [9.17, 15) is 9.59 Å². The predicted molar refractivity (Wildman–Crippen MR) is 57.7 cm³/mol. The Labute approximate surface area is 93.4 Å². The van der Waals surface area contributed by atoms with E-state index in [2.05, 4.69) is 0 Å². The number of rotatable bonds is 2. The highest BCUT2D eigenvalue weighted by Gasteiger charge is 2.42. The van der Waals surface area contributed by atoms with Gasteiger partial charge in [-0.15, -0.1) is 0 Å². The van der Waals surface area contributed by atoms with Crippen molar-refractivity contribution in [3.8, 4) is 0 Å². The number of benzene rings is 1. The minimum Gasteiger partial charge on any atom is -0.267 e. The summed E-state index contributed by atoms with van der Waals surface area (Å²) >= 11 is 0. The molecular weight excluding hydrogens is 204 g/mol. The zero-order valence-corrected chi connectivity index (χ0v) is 9.01. The second-order valence-electron chi connectivity index (χ2n) is 4.27. The molecule has 3 rings (SSSR count). The first-order chi connectivity index (χ1) is 7.70. The first-order valence-electron chi connectivity index (χ1n) is 5.40. The number of hydrazine groups is 1. The molecule has 4 heteroatoms. The molecule has 0 unspecified atom stereocenters. The molecular formula is C12H12N2O2. The van der Waals surface area contributed by atoms with Crippen LogP contribution in [0.25, 0.3) is 0 Å². The molecule has 16 heavy (non-hydrogen) atoms. The number of carbonyl (C=O) groups is 2. The standard InChI is InChI=1S/C12H12N2O2/c1-13(8-6-7-8)14-11(15)9-4-2-3-5-10(9)12(14)16/h2-5,8H,6-7H2,1H3. The summed E-state index contributed by atoms with van der Waals surface area (Å²) < 4.78 is 0. The van der Waals surface area contributed by atoms with E-state index in [1.54, 1.807) is 36.3 Å². The molecule has 1 aliphatic heterocycles. The quantitative estimate of drug-likeness (QED) is 0.699. The van der Waals surface area contributed by atoms with Crippen molar-refractivity contribution in [2.24, 2.45) is 0 Å². The molecule has 4 nitrogen and oxygen atoms in total. The Balaban J connectivity index is 2.00. The molecule has 1 aliphatic carbocycles. The van der Waals surface area contributed by atoms with Gasteiger partial charge in [-0.3, -0.25) is 9.59 Å². The molecule has 1 aromatic carbocycles. The summed E-state index contributed by atoms with van der Waals surface area (Å²) in [4.78, 5) is 24.1. The van der Waals surface area contributed by atoms with Gasteiger partial charge in [0.2, 0.25) is 0 Å². The van der Waals surface area contributed by atoms with Gasteiger partial charge in [0.25, 0.3) is 11.8 Å². The van der Waals surface area contributed by atoms with E-state index in [1.165, 1.54) is 5.01 Å². The van der Waals surface area contributed by atoms with E-state index >= 15 is 0 Å². The number of fused-ring (bicyclic) bond motifs is 1.